The number of anilines is 1. The maximum Gasteiger partial charge on any atom is 0.0429 e. The second-order valence-electron chi connectivity index (χ2n) is 5.76. The monoisotopic (exact) mass is 264 g/mol. The molecule has 1 aromatic carbocycles. The van der Waals surface area contributed by atoms with E-state index in [2.05, 4.69) is 17.0 Å². The number of rotatable bonds is 2. The van der Waals surface area contributed by atoms with Crippen LogP contribution in [0.3, 0.4) is 0 Å². The third-order valence-electron chi connectivity index (χ3n) is 4.47. The standard InChI is InChI=1S/C15H21ClN2/c16-13-7-11(8-14(17)9-13)10-18-6-2-4-12-3-1-5-15(12)18/h7-9,12,15H,1-6,10,17H2. The average Bonchev–Trinajstić information content (AvgIpc) is 2.76. The fourth-order valence-corrected chi connectivity index (χ4v) is 4.02. The second-order valence-corrected chi connectivity index (χ2v) is 6.20. The molecule has 2 aliphatic rings. The van der Waals surface area contributed by atoms with Crippen LogP contribution in [0.25, 0.3) is 0 Å². The Morgan fingerprint density at radius 3 is 2.83 bits per heavy atom. The van der Waals surface area contributed by atoms with Crippen LogP contribution in [0.5, 0.6) is 0 Å². The van der Waals surface area contributed by atoms with Crippen LogP contribution >= 0.6 is 11.6 Å². The van der Waals surface area contributed by atoms with E-state index in [0.29, 0.717) is 0 Å². The lowest BCUT2D eigenvalue weighted by Gasteiger charge is -2.37. The summed E-state index contributed by atoms with van der Waals surface area (Å²) in [4.78, 5) is 2.65. The molecule has 2 unspecified atom stereocenters. The summed E-state index contributed by atoms with van der Waals surface area (Å²) in [6.07, 6.45) is 6.99. The minimum absolute atomic E-state index is 0.755. The number of benzene rings is 1. The van der Waals surface area contributed by atoms with Gasteiger partial charge in [-0.15, -0.1) is 0 Å². The highest BCUT2D eigenvalue weighted by Gasteiger charge is 2.34. The van der Waals surface area contributed by atoms with Gasteiger partial charge in [-0.25, -0.2) is 0 Å². The average molecular weight is 265 g/mol. The third kappa shape index (κ3) is 2.50. The van der Waals surface area contributed by atoms with Gasteiger partial charge in [-0.3, -0.25) is 4.90 Å². The Balaban J connectivity index is 1.74. The number of halogens is 1. The predicted octanol–water partition coefficient (Wildman–Crippen LogP) is 3.69. The molecule has 2 atom stereocenters. The van der Waals surface area contributed by atoms with Gasteiger partial charge in [0.25, 0.3) is 0 Å². The van der Waals surface area contributed by atoms with Gasteiger partial charge in [-0.1, -0.05) is 18.0 Å². The first-order valence-corrected chi connectivity index (χ1v) is 7.39. The maximum absolute atomic E-state index is 6.08. The van der Waals surface area contributed by atoms with Crippen molar-refractivity contribution in [1.82, 2.24) is 4.90 Å². The molecule has 3 heteroatoms. The first-order chi connectivity index (χ1) is 8.72. The van der Waals surface area contributed by atoms with Gasteiger partial charge in [-0.2, -0.15) is 0 Å². The maximum atomic E-state index is 6.08. The highest BCUT2D eigenvalue weighted by atomic mass is 35.5. The molecular formula is C15H21ClN2. The lowest BCUT2D eigenvalue weighted by Crippen LogP contribution is -2.41. The molecule has 0 amide bonds. The Hall–Kier alpha value is -0.730. The summed E-state index contributed by atoms with van der Waals surface area (Å²) >= 11 is 6.08. The molecule has 18 heavy (non-hydrogen) atoms. The molecule has 1 heterocycles. The topological polar surface area (TPSA) is 29.3 Å². The lowest BCUT2D eigenvalue weighted by atomic mass is 9.91. The van der Waals surface area contributed by atoms with Gasteiger partial charge in [0.2, 0.25) is 0 Å². The van der Waals surface area contributed by atoms with Crippen LogP contribution in [0.2, 0.25) is 5.02 Å². The summed E-state index contributed by atoms with van der Waals surface area (Å²) in [6.45, 7) is 2.24. The number of likely N-dealkylation sites (tertiary alicyclic amines) is 1. The molecule has 2 N–H and O–H groups in total. The molecule has 1 saturated carbocycles. The van der Waals surface area contributed by atoms with Crippen molar-refractivity contribution < 1.29 is 0 Å². The van der Waals surface area contributed by atoms with Crippen molar-refractivity contribution in [2.45, 2.75) is 44.7 Å². The van der Waals surface area contributed by atoms with Crippen LogP contribution in [0.1, 0.15) is 37.7 Å². The molecule has 2 fully saturated rings. The zero-order valence-corrected chi connectivity index (χ0v) is 11.5. The molecule has 98 valence electrons. The largest absolute Gasteiger partial charge is 0.399 e. The first kappa shape index (κ1) is 12.3. The van der Waals surface area contributed by atoms with E-state index in [1.165, 1.54) is 44.2 Å². The van der Waals surface area contributed by atoms with E-state index in [-0.39, 0.29) is 0 Å². The van der Waals surface area contributed by atoms with Gasteiger partial charge in [0.15, 0.2) is 0 Å². The molecule has 1 aliphatic heterocycles. The van der Waals surface area contributed by atoms with E-state index < -0.39 is 0 Å². The summed E-state index contributed by atoms with van der Waals surface area (Å²) < 4.78 is 0. The zero-order valence-electron chi connectivity index (χ0n) is 10.7. The van der Waals surface area contributed by atoms with Gasteiger partial charge in [-0.05, 0) is 61.9 Å². The van der Waals surface area contributed by atoms with Crippen LogP contribution in [0.15, 0.2) is 18.2 Å². The molecule has 0 aromatic heterocycles. The van der Waals surface area contributed by atoms with Crippen molar-refractivity contribution in [2.75, 3.05) is 12.3 Å². The second kappa shape index (κ2) is 5.10. The number of nitrogen functional groups attached to an aromatic ring is 1. The zero-order chi connectivity index (χ0) is 12.5. The molecule has 1 aliphatic carbocycles. The normalized spacial score (nSPS) is 28.3. The molecule has 2 nitrogen and oxygen atoms in total. The fourth-order valence-electron chi connectivity index (χ4n) is 3.75. The minimum Gasteiger partial charge on any atom is -0.399 e. The highest BCUT2D eigenvalue weighted by Crippen LogP contribution is 2.37. The predicted molar refractivity (Wildman–Crippen MR) is 76.6 cm³/mol. The summed E-state index contributed by atoms with van der Waals surface area (Å²) in [5.74, 6) is 0.940. The Labute approximate surface area is 114 Å². The number of hydrogen-bond acceptors (Lipinski definition) is 2. The molecule has 0 spiro atoms. The number of nitrogens with zero attached hydrogens (tertiary/aromatic N) is 1. The Kier molecular flexibility index (Phi) is 3.49. The molecule has 3 rings (SSSR count). The van der Waals surface area contributed by atoms with Crippen LogP contribution in [-0.4, -0.2) is 17.5 Å². The van der Waals surface area contributed by atoms with Crippen molar-refractivity contribution in [2.24, 2.45) is 5.92 Å². The van der Waals surface area contributed by atoms with E-state index in [4.69, 9.17) is 17.3 Å². The molecule has 1 aromatic rings. The lowest BCUT2D eigenvalue weighted by molar-refractivity contribution is 0.106. The molecule has 1 saturated heterocycles. The van der Waals surface area contributed by atoms with Gasteiger partial charge in [0.05, 0.1) is 0 Å². The van der Waals surface area contributed by atoms with E-state index in [0.717, 1.165) is 29.2 Å². The molecule has 0 bridgehead atoms. The fraction of sp³-hybridized carbons (Fsp3) is 0.600. The Morgan fingerprint density at radius 1 is 1.17 bits per heavy atom. The number of nitrogens with two attached hydrogens (primary N) is 1. The van der Waals surface area contributed by atoms with Gasteiger partial charge < -0.3 is 5.73 Å². The van der Waals surface area contributed by atoms with Crippen molar-refractivity contribution in [3.05, 3.63) is 28.8 Å². The quantitative estimate of drug-likeness (QED) is 0.826. The van der Waals surface area contributed by atoms with Gasteiger partial charge in [0, 0.05) is 23.3 Å². The van der Waals surface area contributed by atoms with Crippen molar-refractivity contribution in [1.29, 1.82) is 0 Å². The number of fused-ring (bicyclic) bond motifs is 1. The van der Waals surface area contributed by atoms with Crippen molar-refractivity contribution >= 4 is 17.3 Å². The summed E-state index contributed by atoms with van der Waals surface area (Å²) in [6, 6.07) is 6.74. The highest BCUT2D eigenvalue weighted by molar-refractivity contribution is 6.30. The SMILES string of the molecule is Nc1cc(Cl)cc(CN2CCCC3CCCC32)c1. The minimum atomic E-state index is 0.755. The number of piperidine rings is 1. The van der Waals surface area contributed by atoms with Crippen LogP contribution in [-0.2, 0) is 6.54 Å². The van der Waals surface area contributed by atoms with E-state index in [9.17, 15) is 0 Å². The van der Waals surface area contributed by atoms with E-state index in [1.807, 2.05) is 6.07 Å². The van der Waals surface area contributed by atoms with Gasteiger partial charge >= 0.3 is 0 Å². The van der Waals surface area contributed by atoms with E-state index >= 15 is 0 Å². The van der Waals surface area contributed by atoms with Gasteiger partial charge in [0.1, 0.15) is 0 Å². The summed E-state index contributed by atoms with van der Waals surface area (Å²) in [5, 5.41) is 0.755. The summed E-state index contributed by atoms with van der Waals surface area (Å²) in [7, 11) is 0. The molecule has 0 radical (unpaired) electrons. The number of hydrogen-bond donors (Lipinski definition) is 1. The first-order valence-electron chi connectivity index (χ1n) is 7.01. The van der Waals surface area contributed by atoms with Crippen LogP contribution < -0.4 is 5.73 Å². The smallest absolute Gasteiger partial charge is 0.0429 e. The van der Waals surface area contributed by atoms with Crippen LogP contribution in [0.4, 0.5) is 5.69 Å². The van der Waals surface area contributed by atoms with Crippen molar-refractivity contribution in [3.63, 3.8) is 0 Å². The Morgan fingerprint density at radius 2 is 2.00 bits per heavy atom. The summed E-state index contributed by atoms with van der Waals surface area (Å²) in [5.41, 5.74) is 7.90. The molecular weight excluding hydrogens is 244 g/mol. The van der Waals surface area contributed by atoms with Crippen LogP contribution in [0, 0.1) is 5.92 Å². The Bertz CT molecular complexity index is 412. The third-order valence-corrected chi connectivity index (χ3v) is 4.69. The van der Waals surface area contributed by atoms with E-state index in [1.54, 1.807) is 0 Å². The van der Waals surface area contributed by atoms with Crippen molar-refractivity contribution in [3.8, 4) is 0 Å².